The topological polar surface area (TPSA) is 40.6 Å². The maximum Gasteiger partial charge on any atom is 0.226 e. The molecule has 1 spiro atoms. The Morgan fingerprint density at radius 1 is 1.12 bits per heavy atom. The third-order valence-corrected chi connectivity index (χ3v) is 7.68. The molecule has 26 heavy (non-hydrogen) atoms. The van der Waals surface area contributed by atoms with E-state index in [9.17, 15) is 9.59 Å². The number of nitrogens with zero attached hydrogens (tertiary/aromatic N) is 2. The van der Waals surface area contributed by atoms with Gasteiger partial charge in [-0.05, 0) is 30.7 Å². The molecular formula is C21H28N2O2S. The second-order valence-corrected chi connectivity index (χ2v) is 9.58. The van der Waals surface area contributed by atoms with Crippen molar-refractivity contribution < 1.29 is 9.59 Å². The van der Waals surface area contributed by atoms with Crippen LogP contribution in [0.4, 0.5) is 0 Å². The van der Waals surface area contributed by atoms with E-state index in [4.69, 9.17) is 0 Å². The molecular weight excluding hydrogens is 344 g/mol. The van der Waals surface area contributed by atoms with Crippen molar-refractivity contribution in [1.82, 2.24) is 9.80 Å². The largest absolute Gasteiger partial charge is 0.342 e. The van der Waals surface area contributed by atoms with Gasteiger partial charge in [-0.2, -0.15) is 0 Å². The lowest BCUT2D eigenvalue weighted by Crippen LogP contribution is -2.54. The van der Waals surface area contributed by atoms with Crippen molar-refractivity contribution in [2.45, 2.75) is 43.9 Å². The lowest BCUT2D eigenvalue weighted by atomic mass is 9.99. The third kappa shape index (κ3) is 3.15. The van der Waals surface area contributed by atoms with E-state index in [2.05, 4.69) is 34.1 Å². The molecule has 3 aliphatic rings. The van der Waals surface area contributed by atoms with Gasteiger partial charge < -0.3 is 9.80 Å². The number of likely N-dealkylation sites (tertiary alicyclic amines) is 1. The highest BCUT2D eigenvalue weighted by Gasteiger charge is 2.50. The normalized spacial score (nSPS) is 27.2. The average molecular weight is 373 g/mol. The lowest BCUT2D eigenvalue weighted by Gasteiger charge is -2.44. The summed E-state index contributed by atoms with van der Waals surface area (Å²) in [7, 11) is 0. The first-order chi connectivity index (χ1) is 12.5. The molecule has 140 valence electrons. The maximum atomic E-state index is 12.9. The van der Waals surface area contributed by atoms with Crippen LogP contribution in [0.2, 0.25) is 0 Å². The van der Waals surface area contributed by atoms with Crippen LogP contribution in [0.1, 0.15) is 44.6 Å². The molecule has 2 amide bonds. The van der Waals surface area contributed by atoms with E-state index in [1.165, 1.54) is 5.56 Å². The molecule has 2 aliphatic heterocycles. The van der Waals surface area contributed by atoms with Gasteiger partial charge in [0.1, 0.15) is 0 Å². The van der Waals surface area contributed by atoms with Gasteiger partial charge in [-0.15, -0.1) is 11.8 Å². The number of piperidine rings is 1. The third-order valence-electron chi connectivity index (χ3n) is 6.13. The van der Waals surface area contributed by atoms with Gasteiger partial charge in [0.15, 0.2) is 0 Å². The highest BCUT2D eigenvalue weighted by atomic mass is 32.2. The van der Waals surface area contributed by atoms with Gasteiger partial charge in [0.25, 0.3) is 0 Å². The number of thioether (sulfide) groups is 1. The Bertz CT molecular complexity index is 683. The quantitative estimate of drug-likeness (QED) is 0.817. The summed E-state index contributed by atoms with van der Waals surface area (Å²) in [6.07, 6.45) is 2.80. The Balaban J connectivity index is 1.37. The lowest BCUT2D eigenvalue weighted by molar-refractivity contribution is -0.140. The molecule has 2 atom stereocenters. The summed E-state index contributed by atoms with van der Waals surface area (Å²) in [5.41, 5.74) is 1.29. The predicted octanol–water partition coefficient (Wildman–Crippen LogP) is 3.34. The van der Waals surface area contributed by atoms with E-state index in [0.29, 0.717) is 11.8 Å². The van der Waals surface area contributed by atoms with Gasteiger partial charge in [0, 0.05) is 37.2 Å². The minimum atomic E-state index is -0.0689. The van der Waals surface area contributed by atoms with E-state index in [0.717, 1.165) is 44.6 Å². The first-order valence-corrected chi connectivity index (χ1v) is 10.8. The zero-order chi connectivity index (χ0) is 18.3. The summed E-state index contributed by atoms with van der Waals surface area (Å²) in [6.45, 7) is 6.38. The molecule has 0 radical (unpaired) electrons. The molecule has 4 rings (SSSR count). The molecule has 3 fully saturated rings. The highest BCUT2D eigenvalue weighted by Crippen LogP contribution is 2.50. The van der Waals surface area contributed by atoms with Crippen LogP contribution in [0, 0.1) is 11.8 Å². The van der Waals surface area contributed by atoms with Crippen LogP contribution in [-0.4, -0.2) is 51.9 Å². The first kappa shape index (κ1) is 17.9. The van der Waals surface area contributed by atoms with Crippen molar-refractivity contribution in [3.05, 3.63) is 35.9 Å². The van der Waals surface area contributed by atoms with Gasteiger partial charge in [0.05, 0.1) is 4.87 Å². The molecule has 4 nitrogen and oxygen atoms in total. The van der Waals surface area contributed by atoms with Crippen molar-refractivity contribution in [3.63, 3.8) is 0 Å². The standard InChI is InChI=1S/C21H28N2O2S/c1-15(2)19(24)23-12-13-26-21(23)8-10-22(11-9-21)20(25)18-14-17(18)16-6-4-3-5-7-16/h3-7,15,17-18H,8-14H2,1-2H3/t17-,18-/m0/s1. The van der Waals surface area contributed by atoms with Crippen LogP contribution in [0.15, 0.2) is 30.3 Å². The van der Waals surface area contributed by atoms with Crippen LogP contribution in [0.3, 0.4) is 0 Å². The van der Waals surface area contributed by atoms with Gasteiger partial charge >= 0.3 is 0 Å². The van der Waals surface area contributed by atoms with Crippen LogP contribution >= 0.6 is 11.8 Å². The summed E-state index contributed by atoms with van der Waals surface area (Å²) in [5, 5.41) is 0. The van der Waals surface area contributed by atoms with Crippen molar-refractivity contribution in [2.24, 2.45) is 11.8 Å². The van der Waals surface area contributed by atoms with Crippen LogP contribution < -0.4 is 0 Å². The van der Waals surface area contributed by atoms with Gasteiger partial charge in [-0.1, -0.05) is 44.2 Å². The van der Waals surface area contributed by atoms with Gasteiger partial charge in [-0.25, -0.2) is 0 Å². The fraction of sp³-hybridized carbons (Fsp3) is 0.619. The second-order valence-electron chi connectivity index (χ2n) is 8.12. The molecule has 2 saturated heterocycles. The second kappa shape index (κ2) is 6.91. The molecule has 5 heteroatoms. The Kier molecular flexibility index (Phi) is 4.76. The number of rotatable bonds is 3. The molecule has 0 aromatic heterocycles. The molecule has 0 N–H and O–H groups in total. The minimum Gasteiger partial charge on any atom is -0.342 e. The summed E-state index contributed by atoms with van der Waals surface area (Å²) in [4.78, 5) is 29.6. The zero-order valence-electron chi connectivity index (χ0n) is 15.7. The Hall–Kier alpha value is -1.49. The van der Waals surface area contributed by atoms with E-state index in [1.54, 1.807) is 0 Å². The molecule has 1 aromatic carbocycles. The molecule has 2 heterocycles. The number of hydrogen-bond donors (Lipinski definition) is 0. The Morgan fingerprint density at radius 3 is 2.46 bits per heavy atom. The molecule has 0 unspecified atom stereocenters. The predicted molar refractivity (Wildman–Crippen MR) is 105 cm³/mol. The SMILES string of the molecule is CC(C)C(=O)N1CCSC12CCN(C(=O)[C@H]1C[C@H]1c1ccccc1)CC2. The Morgan fingerprint density at radius 2 is 1.81 bits per heavy atom. The number of amides is 2. The van der Waals surface area contributed by atoms with Crippen molar-refractivity contribution in [2.75, 3.05) is 25.4 Å². The van der Waals surface area contributed by atoms with E-state index in [-0.39, 0.29) is 22.6 Å². The minimum absolute atomic E-state index is 0.0448. The molecule has 0 bridgehead atoms. The van der Waals surface area contributed by atoms with E-state index in [1.807, 2.05) is 31.7 Å². The summed E-state index contributed by atoms with van der Waals surface area (Å²) < 4.78 is 0. The molecule has 1 aliphatic carbocycles. The first-order valence-electron chi connectivity index (χ1n) is 9.81. The highest BCUT2D eigenvalue weighted by molar-refractivity contribution is 8.00. The molecule has 1 saturated carbocycles. The van der Waals surface area contributed by atoms with Gasteiger partial charge in [0.2, 0.25) is 11.8 Å². The molecule has 1 aromatic rings. The van der Waals surface area contributed by atoms with Crippen molar-refractivity contribution in [3.8, 4) is 0 Å². The van der Waals surface area contributed by atoms with Gasteiger partial charge in [-0.3, -0.25) is 9.59 Å². The van der Waals surface area contributed by atoms with E-state index >= 15 is 0 Å². The Labute approximate surface area is 160 Å². The number of benzene rings is 1. The smallest absolute Gasteiger partial charge is 0.226 e. The number of carbonyl (C=O) groups excluding carboxylic acids is 2. The van der Waals surface area contributed by atoms with Crippen molar-refractivity contribution in [1.29, 1.82) is 0 Å². The zero-order valence-corrected chi connectivity index (χ0v) is 16.5. The number of hydrogen-bond acceptors (Lipinski definition) is 3. The van der Waals surface area contributed by atoms with Crippen LogP contribution in [0.25, 0.3) is 0 Å². The average Bonchev–Trinajstić information content (AvgIpc) is 3.37. The summed E-state index contributed by atoms with van der Waals surface area (Å²) >= 11 is 1.92. The van der Waals surface area contributed by atoms with Crippen molar-refractivity contribution >= 4 is 23.6 Å². The summed E-state index contributed by atoms with van der Waals surface area (Å²) in [5.74, 6) is 2.21. The van der Waals surface area contributed by atoms with E-state index < -0.39 is 0 Å². The summed E-state index contributed by atoms with van der Waals surface area (Å²) in [6, 6.07) is 10.4. The maximum absolute atomic E-state index is 12.9. The fourth-order valence-corrected chi connectivity index (χ4v) is 5.96. The van der Waals surface area contributed by atoms with Crippen LogP contribution in [-0.2, 0) is 9.59 Å². The van der Waals surface area contributed by atoms with Crippen LogP contribution in [0.5, 0.6) is 0 Å². The fourth-order valence-electron chi connectivity index (χ4n) is 4.49. The monoisotopic (exact) mass is 372 g/mol. The number of carbonyl (C=O) groups is 2.